The van der Waals surface area contributed by atoms with Crippen molar-refractivity contribution in [3.05, 3.63) is 35.4 Å². The fraction of sp³-hybridized carbons (Fsp3) is 0.250. The molecule has 0 aromatic heterocycles. The first-order chi connectivity index (χ1) is 8.10. The second kappa shape index (κ2) is 5.79. The van der Waals surface area contributed by atoms with Crippen molar-refractivity contribution < 1.29 is 19.5 Å². The number of aryl methyl sites for hydroxylation is 1. The molecule has 1 aromatic carbocycles. The quantitative estimate of drug-likeness (QED) is 0.215. The molecule has 1 aromatic rings. The molecule has 0 aliphatic heterocycles. The summed E-state index contributed by atoms with van der Waals surface area (Å²) in [6.07, 6.45) is 0. The van der Waals surface area contributed by atoms with E-state index in [1.165, 1.54) is 0 Å². The molecule has 0 fully saturated rings. The van der Waals surface area contributed by atoms with Crippen LogP contribution < -0.4 is 0 Å². The summed E-state index contributed by atoms with van der Waals surface area (Å²) in [6.45, 7) is 3.59. The Kier molecular flexibility index (Phi) is 4.39. The second-order valence-electron chi connectivity index (χ2n) is 3.36. The number of hydrogen-bond donors (Lipinski definition) is 1. The molecule has 5 nitrogen and oxygen atoms in total. The lowest BCUT2D eigenvalue weighted by Crippen LogP contribution is -2.26. The highest BCUT2D eigenvalue weighted by Crippen LogP contribution is 2.06. The van der Waals surface area contributed by atoms with Gasteiger partial charge in [0.2, 0.25) is 11.5 Å². The largest absolute Gasteiger partial charge is 0.461 e. The number of ether oxygens (including phenoxy) is 1. The molecule has 17 heavy (non-hydrogen) atoms. The van der Waals surface area contributed by atoms with Gasteiger partial charge in [-0.25, -0.2) is 4.79 Å². The van der Waals surface area contributed by atoms with Gasteiger partial charge in [-0.15, -0.1) is 0 Å². The minimum absolute atomic E-state index is 0.110. The first-order valence-corrected chi connectivity index (χ1v) is 5.10. The number of oxime groups is 1. The van der Waals surface area contributed by atoms with Crippen LogP contribution in [0.25, 0.3) is 0 Å². The Labute approximate surface area is 98.7 Å². The fourth-order valence-corrected chi connectivity index (χ4v) is 1.22. The smallest absolute Gasteiger partial charge is 0.364 e. The molecule has 90 valence electrons. The molecular weight excluding hydrogens is 222 g/mol. The van der Waals surface area contributed by atoms with E-state index in [2.05, 4.69) is 9.89 Å². The van der Waals surface area contributed by atoms with Crippen LogP contribution in [0.3, 0.4) is 0 Å². The van der Waals surface area contributed by atoms with Crippen LogP contribution in [0.15, 0.2) is 29.4 Å². The van der Waals surface area contributed by atoms with Gasteiger partial charge in [-0.05, 0) is 13.8 Å². The average Bonchev–Trinajstić information content (AvgIpc) is 2.31. The zero-order valence-electron chi connectivity index (χ0n) is 9.64. The van der Waals surface area contributed by atoms with E-state index in [4.69, 9.17) is 5.21 Å². The predicted octanol–water partition coefficient (Wildman–Crippen LogP) is 1.57. The Hall–Kier alpha value is -2.17. The van der Waals surface area contributed by atoms with Gasteiger partial charge >= 0.3 is 5.97 Å². The normalized spacial score (nSPS) is 11.1. The van der Waals surface area contributed by atoms with Crippen molar-refractivity contribution in [2.24, 2.45) is 5.16 Å². The van der Waals surface area contributed by atoms with Crippen molar-refractivity contribution in [1.82, 2.24) is 0 Å². The summed E-state index contributed by atoms with van der Waals surface area (Å²) in [5.41, 5.74) is 0.646. The molecule has 0 spiro atoms. The van der Waals surface area contributed by atoms with E-state index >= 15 is 0 Å². The standard InChI is InChI=1S/C12H13NO4/c1-3-17-12(15)10(13-16)11(14)9-6-4-8(2)5-7-9/h4-7,16H,3H2,1-2H3. The maximum atomic E-state index is 11.8. The van der Waals surface area contributed by atoms with Crippen LogP contribution in [0, 0.1) is 6.92 Å². The summed E-state index contributed by atoms with van der Waals surface area (Å²) in [7, 11) is 0. The Morgan fingerprint density at radius 3 is 2.35 bits per heavy atom. The zero-order chi connectivity index (χ0) is 12.8. The number of rotatable bonds is 4. The van der Waals surface area contributed by atoms with Crippen LogP contribution in [0.2, 0.25) is 0 Å². The minimum Gasteiger partial charge on any atom is -0.461 e. The molecule has 0 atom stereocenters. The zero-order valence-corrected chi connectivity index (χ0v) is 9.64. The molecule has 0 heterocycles. The molecule has 0 saturated carbocycles. The predicted molar refractivity (Wildman–Crippen MR) is 61.4 cm³/mol. The highest BCUT2D eigenvalue weighted by Gasteiger charge is 2.23. The molecule has 0 radical (unpaired) electrons. The van der Waals surface area contributed by atoms with E-state index < -0.39 is 17.5 Å². The molecular formula is C12H13NO4. The Balaban J connectivity index is 2.95. The monoisotopic (exact) mass is 235 g/mol. The Morgan fingerprint density at radius 1 is 1.29 bits per heavy atom. The SMILES string of the molecule is CCOC(=O)C(=NO)C(=O)c1ccc(C)cc1. The van der Waals surface area contributed by atoms with Gasteiger partial charge in [0.05, 0.1) is 6.61 Å². The van der Waals surface area contributed by atoms with Crippen molar-refractivity contribution in [2.75, 3.05) is 6.61 Å². The highest BCUT2D eigenvalue weighted by atomic mass is 16.5. The summed E-state index contributed by atoms with van der Waals surface area (Å²) in [6, 6.07) is 6.57. The first kappa shape index (κ1) is 12.9. The lowest BCUT2D eigenvalue weighted by Gasteiger charge is -2.03. The van der Waals surface area contributed by atoms with Gasteiger partial charge in [0.15, 0.2) is 0 Å². The number of ketones is 1. The van der Waals surface area contributed by atoms with Crippen LogP contribution in [-0.4, -0.2) is 29.3 Å². The van der Waals surface area contributed by atoms with E-state index in [-0.39, 0.29) is 12.2 Å². The number of esters is 1. The summed E-state index contributed by atoms with van der Waals surface area (Å²) in [4.78, 5) is 23.1. The van der Waals surface area contributed by atoms with E-state index in [1.54, 1.807) is 31.2 Å². The van der Waals surface area contributed by atoms with E-state index in [1.807, 2.05) is 6.92 Å². The van der Waals surface area contributed by atoms with Crippen LogP contribution in [-0.2, 0) is 9.53 Å². The number of hydrogen-bond acceptors (Lipinski definition) is 5. The van der Waals surface area contributed by atoms with Crippen LogP contribution in [0.1, 0.15) is 22.8 Å². The maximum absolute atomic E-state index is 11.8. The molecule has 1 N–H and O–H groups in total. The summed E-state index contributed by atoms with van der Waals surface area (Å²) < 4.78 is 4.61. The third-order valence-electron chi connectivity index (χ3n) is 2.10. The number of nitrogens with zero attached hydrogens (tertiary/aromatic N) is 1. The molecule has 0 bridgehead atoms. The molecule has 0 aliphatic carbocycles. The number of benzene rings is 1. The van der Waals surface area contributed by atoms with Crippen molar-refractivity contribution in [1.29, 1.82) is 0 Å². The molecule has 0 saturated heterocycles. The Bertz CT molecular complexity index is 448. The third kappa shape index (κ3) is 3.14. The number of carbonyl (C=O) groups is 2. The van der Waals surface area contributed by atoms with Crippen LogP contribution in [0.4, 0.5) is 0 Å². The van der Waals surface area contributed by atoms with Gasteiger partial charge in [0.25, 0.3) is 0 Å². The van der Waals surface area contributed by atoms with Gasteiger partial charge in [-0.2, -0.15) is 0 Å². The number of carbonyl (C=O) groups excluding carboxylic acids is 2. The molecule has 0 aliphatic rings. The van der Waals surface area contributed by atoms with Crippen molar-refractivity contribution in [3.63, 3.8) is 0 Å². The molecule has 1 rings (SSSR count). The van der Waals surface area contributed by atoms with Gasteiger partial charge in [-0.3, -0.25) is 4.79 Å². The van der Waals surface area contributed by atoms with Crippen molar-refractivity contribution >= 4 is 17.5 Å². The molecule has 5 heteroatoms. The first-order valence-electron chi connectivity index (χ1n) is 5.10. The minimum atomic E-state index is -0.930. The lowest BCUT2D eigenvalue weighted by atomic mass is 10.1. The Morgan fingerprint density at radius 2 is 1.88 bits per heavy atom. The van der Waals surface area contributed by atoms with E-state index in [9.17, 15) is 9.59 Å². The summed E-state index contributed by atoms with van der Waals surface area (Å²) >= 11 is 0. The van der Waals surface area contributed by atoms with Gasteiger partial charge < -0.3 is 9.94 Å². The van der Waals surface area contributed by atoms with Gasteiger partial charge in [0.1, 0.15) is 0 Å². The van der Waals surface area contributed by atoms with Crippen LogP contribution >= 0.6 is 0 Å². The lowest BCUT2D eigenvalue weighted by molar-refractivity contribution is -0.135. The highest BCUT2D eigenvalue weighted by molar-refractivity contribution is 6.67. The fourth-order valence-electron chi connectivity index (χ4n) is 1.22. The maximum Gasteiger partial charge on any atom is 0.364 e. The summed E-state index contributed by atoms with van der Waals surface area (Å²) in [5, 5.41) is 11.4. The van der Waals surface area contributed by atoms with E-state index in [0.717, 1.165) is 5.56 Å². The van der Waals surface area contributed by atoms with Crippen molar-refractivity contribution in [2.45, 2.75) is 13.8 Å². The van der Waals surface area contributed by atoms with Crippen molar-refractivity contribution in [3.8, 4) is 0 Å². The average molecular weight is 235 g/mol. The molecule has 0 amide bonds. The molecule has 0 unspecified atom stereocenters. The van der Waals surface area contributed by atoms with Gasteiger partial charge in [0, 0.05) is 5.56 Å². The second-order valence-corrected chi connectivity index (χ2v) is 3.36. The van der Waals surface area contributed by atoms with E-state index in [0.29, 0.717) is 0 Å². The van der Waals surface area contributed by atoms with Gasteiger partial charge in [-0.1, -0.05) is 35.0 Å². The summed E-state index contributed by atoms with van der Waals surface area (Å²) in [5.74, 6) is -1.59. The number of Topliss-reactive ketones (excluding diaryl/α,β-unsaturated/α-hetero) is 1. The topological polar surface area (TPSA) is 76.0 Å². The third-order valence-corrected chi connectivity index (χ3v) is 2.10. The van der Waals surface area contributed by atoms with Crippen LogP contribution in [0.5, 0.6) is 0 Å².